The van der Waals surface area contributed by atoms with E-state index in [1.54, 1.807) is 0 Å². The Balaban J connectivity index is 2.38. The van der Waals surface area contributed by atoms with E-state index in [4.69, 9.17) is 0 Å². The molecule has 0 saturated carbocycles. The molecular weight excluding hydrogens is 311 g/mol. The zero-order valence-electron chi connectivity index (χ0n) is 11.7. The first-order valence-electron chi connectivity index (χ1n) is 6.47. The van der Waals surface area contributed by atoms with Crippen LogP contribution in [-0.4, -0.2) is 39.1 Å². The average Bonchev–Trinajstić information content (AvgIpc) is 2.48. The minimum atomic E-state index is 1.05. The van der Waals surface area contributed by atoms with E-state index in [-0.39, 0.29) is 0 Å². The fourth-order valence-electron chi connectivity index (χ4n) is 1.85. The first-order valence-corrected chi connectivity index (χ1v) is 7.33. The third-order valence-electron chi connectivity index (χ3n) is 2.76. The van der Waals surface area contributed by atoms with Crippen LogP contribution in [0.1, 0.15) is 0 Å². The van der Waals surface area contributed by atoms with Gasteiger partial charge in [-0.05, 0) is 0 Å². The molecule has 2 nitrogen and oxygen atoms in total. The molecule has 0 bridgehead atoms. The van der Waals surface area contributed by atoms with E-state index in [0.29, 0.717) is 0 Å². The van der Waals surface area contributed by atoms with Gasteiger partial charge in [-0.2, -0.15) is 0 Å². The van der Waals surface area contributed by atoms with Crippen LogP contribution in [-0.2, 0) is 0 Å². The van der Waals surface area contributed by atoms with Gasteiger partial charge in [0, 0.05) is 0 Å². The van der Waals surface area contributed by atoms with Gasteiger partial charge in [-0.1, -0.05) is 0 Å². The van der Waals surface area contributed by atoms with E-state index < -0.39 is 0 Å². The molecule has 20 heavy (non-hydrogen) atoms. The van der Waals surface area contributed by atoms with E-state index in [2.05, 4.69) is 50.8 Å². The molecule has 2 aromatic carbocycles. The van der Waals surface area contributed by atoms with Gasteiger partial charge < -0.3 is 0 Å². The van der Waals surface area contributed by atoms with Crippen molar-refractivity contribution in [3.63, 3.8) is 0 Å². The summed E-state index contributed by atoms with van der Waals surface area (Å²) in [5.41, 5.74) is 2.27. The van der Waals surface area contributed by atoms with E-state index in [1.165, 1.54) is 0 Å². The van der Waals surface area contributed by atoms with E-state index >= 15 is 0 Å². The Bertz CT molecular complexity index is 537. The van der Waals surface area contributed by atoms with Crippen molar-refractivity contribution in [3.8, 4) is 0 Å². The molecule has 0 saturated heterocycles. The van der Waals surface area contributed by atoms with Crippen molar-refractivity contribution in [1.82, 2.24) is 4.90 Å². The molecule has 0 N–H and O–H groups in total. The fourth-order valence-corrected chi connectivity index (χ4v) is 2.42. The summed E-state index contributed by atoms with van der Waals surface area (Å²) >= 11 is 3.16. The predicted octanol–water partition coefficient (Wildman–Crippen LogP) is 3.20. The van der Waals surface area contributed by atoms with Crippen LogP contribution in [0.5, 0.6) is 0 Å². The van der Waals surface area contributed by atoms with Crippen molar-refractivity contribution in [1.29, 1.82) is 0 Å². The second-order valence-electron chi connectivity index (χ2n) is 4.62. The van der Waals surface area contributed by atoms with Crippen molar-refractivity contribution >= 4 is 31.5 Å². The van der Waals surface area contributed by atoms with Crippen molar-refractivity contribution in [2.24, 2.45) is 0 Å². The van der Waals surface area contributed by atoms with Crippen LogP contribution in [0.2, 0.25) is 0 Å². The summed E-state index contributed by atoms with van der Waals surface area (Å²) in [4.78, 5) is 4.21. The predicted molar refractivity (Wildman–Crippen MR) is 88.6 cm³/mol. The zero-order valence-corrected chi connectivity index (χ0v) is 13.4. The molecule has 2 rings (SSSR count). The van der Waals surface area contributed by atoms with Crippen molar-refractivity contribution in [3.05, 3.63) is 72.9 Å². The Hall–Kier alpha value is -1.83. The Morgan fingerprint density at radius 2 is 1.30 bits per heavy atom. The SMILES string of the molecule is CN(C)C=CC(=[Se])N(c1ccccc1)c1ccccc1. The summed E-state index contributed by atoms with van der Waals surface area (Å²) in [7, 11) is 4.03. The molecule has 0 unspecified atom stereocenters. The van der Waals surface area contributed by atoms with Crippen molar-refractivity contribution in [2.75, 3.05) is 19.0 Å². The molecule has 0 aliphatic rings. The fraction of sp³-hybridized carbons (Fsp3) is 0.118. The Morgan fingerprint density at radius 1 is 0.850 bits per heavy atom. The summed E-state index contributed by atoms with van der Waals surface area (Å²) in [6, 6.07) is 20.7. The first-order chi connectivity index (χ1) is 9.68. The Labute approximate surface area is 128 Å². The summed E-state index contributed by atoms with van der Waals surface area (Å²) in [6.07, 6.45) is 4.10. The van der Waals surface area contributed by atoms with Gasteiger partial charge in [-0.15, -0.1) is 0 Å². The summed E-state index contributed by atoms with van der Waals surface area (Å²) in [5.74, 6) is 0. The number of rotatable bonds is 5. The summed E-state index contributed by atoms with van der Waals surface area (Å²) < 4.78 is 1.05. The van der Waals surface area contributed by atoms with Gasteiger partial charge in [0.2, 0.25) is 0 Å². The van der Waals surface area contributed by atoms with E-state index in [9.17, 15) is 0 Å². The molecule has 2 aromatic rings. The van der Waals surface area contributed by atoms with E-state index in [0.717, 1.165) is 15.9 Å². The van der Waals surface area contributed by atoms with Crippen LogP contribution in [0.15, 0.2) is 72.9 Å². The van der Waals surface area contributed by atoms with Crippen molar-refractivity contribution < 1.29 is 0 Å². The van der Waals surface area contributed by atoms with Gasteiger partial charge in [0.05, 0.1) is 0 Å². The average molecular weight is 329 g/mol. The second-order valence-corrected chi connectivity index (χ2v) is 5.50. The van der Waals surface area contributed by atoms with Crippen LogP contribution >= 0.6 is 0 Å². The minimum absolute atomic E-state index is 1.05. The summed E-state index contributed by atoms with van der Waals surface area (Å²) in [6.45, 7) is 0. The zero-order chi connectivity index (χ0) is 14.4. The Morgan fingerprint density at radius 3 is 1.70 bits per heavy atom. The van der Waals surface area contributed by atoms with Gasteiger partial charge in [0.15, 0.2) is 0 Å². The van der Waals surface area contributed by atoms with Crippen LogP contribution in [0.4, 0.5) is 11.4 Å². The standard InChI is InChI=1S/C17H18N2Se/c1-18(2)14-13-17(20)19(15-9-5-3-6-10-15)16-11-7-4-8-12-16/h3-14H,1-2H3. The van der Waals surface area contributed by atoms with Crippen LogP contribution in [0, 0.1) is 0 Å². The number of anilines is 2. The van der Waals surface area contributed by atoms with Gasteiger partial charge >= 0.3 is 128 Å². The van der Waals surface area contributed by atoms with E-state index in [1.807, 2.05) is 61.6 Å². The first kappa shape index (κ1) is 14.6. The van der Waals surface area contributed by atoms with Crippen LogP contribution in [0.25, 0.3) is 0 Å². The third kappa shape index (κ3) is 3.83. The normalized spacial score (nSPS) is 10.5. The quantitative estimate of drug-likeness (QED) is 0.778. The van der Waals surface area contributed by atoms with Gasteiger partial charge in [-0.3, -0.25) is 0 Å². The van der Waals surface area contributed by atoms with Gasteiger partial charge in [0.1, 0.15) is 0 Å². The maximum absolute atomic E-state index is 3.16. The van der Waals surface area contributed by atoms with Crippen LogP contribution < -0.4 is 4.90 Å². The molecule has 0 aliphatic heterocycles. The molecule has 0 aliphatic carbocycles. The monoisotopic (exact) mass is 330 g/mol. The summed E-state index contributed by atoms with van der Waals surface area (Å²) in [5, 5.41) is 0. The molecule has 0 spiro atoms. The maximum atomic E-state index is 3.16. The molecule has 0 atom stereocenters. The number of para-hydroxylation sites is 2. The van der Waals surface area contributed by atoms with Crippen LogP contribution in [0.3, 0.4) is 0 Å². The Kier molecular flexibility index (Phi) is 5.16. The molecule has 0 amide bonds. The third-order valence-corrected chi connectivity index (χ3v) is 3.43. The number of hydrogen-bond donors (Lipinski definition) is 0. The molecular formula is C17H18N2Se. The van der Waals surface area contributed by atoms with Gasteiger partial charge in [0.25, 0.3) is 0 Å². The second kappa shape index (κ2) is 7.09. The number of hydrogen-bond acceptors (Lipinski definition) is 2. The topological polar surface area (TPSA) is 6.48 Å². The molecule has 0 radical (unpaired) electrons. The number of benzene rings is 2. The molecule has 0 aromatic heterocycles. The number of nitrogens with zero attached hydrogens (tertiary/aromatic N) is 2. The van der Waals surface area contributed by atoms with Crippen molar-refractivity contribution in [2.45, 2.75) is 0 Å². The molecule has 102 valence electrons. The molecule has 0 fully saturated rings. The molecule has 0 heterocycles. The molecule has 3 heteroatoms. The van der Waals surface area contributed by atoms with Gasteiger partial charge in [-0.25, -0.2) is 0 Å².